The van der Waals surface area contributed by atoms with E-state index >= 15 is 0 Å². The van der Waals surface area contributed by atoms with Crippen LogP contribution >= 0.6 is 0 Å². The fraction of sp³-hybridized carbons (Fsp3) is 0.412. The highest BCUT2D eigenvalue weighted by Crippen LogP contribution is 2.32. The van der Waals surface area contributed by atoms with Gasteiger partial charge >= 0.3 is 6.18 Å². The minimum absolute atomic E-state index is 0.422. The Labute approximate surface area is 152 Å². The summed E-state index contributed by atoms with van der Waals surface area (Å²) in [5.41, 5.74) is 0.643. The second-order valence-electron chi connectivity index (χ2n) is 6.58. The lowest BCUT2D eigenvalue weighted by atomic mass is 9.95. The SMILES string of the molecule is O=C(NCC(F)(F)F)C1CCN(c2[nH]ncc3cnc4nccc4c23)CC1. The Hall–Kier alpha value is -2.91. The molecule has 0 bridgehead atoms. The molecule has 1 fully saturated rings. The highest BCUT2D eigenvalue weighted by molar-refractivity contribution is 6.09. The number of H-pyrrole nitrogens is 1. The van der Waals surface area contributed by atoms with Crippen molar-refractivity contribution < 1.29 is 18.0 Å². The molecule has 27 heavy (non-hydrogen) atoms. The molecule has 142 valence electrons. The largest absolute Gasteiger partial charge is 0.405 e. The van der Waals surface area contributed by atoms with Crippen LogP contribution in [0.3, 0.4) is 0 Å². The number of hydrogen-bond acceptors (Lipinski definition) is 5. The van der Waals surface area contributed by atoms with E-state index in [1.54, 1.807) is 18.6 Å². The molecular formula is C17H17F3N6O. The molecule has 0 atom stereocenters. The number of carbonyl (C=O) groups is 1. The number of hydrogen-bond donors (Lipinski definition) is 2. The molecule has 3 aromatic rings. The molecule has 7 nitrogen and oxygen atoms in total. The predicted octanol–water partition coefficient (Wildman–Crippen LogP) is 2.40. The Morgan fingerprint density at radius 2 is 2.04 bits per heavy atom. The number of anilines is 1. The maximum atomic E-state index is 12.3. The summed E-state index contributed by atoms with van der Waals surface area (Å²) in [6.45, 7) is -0.208. The number of pyridine rings is 1. The van der Waals surface area contributed by atoms with Gasteiger partial charge in [0.25, 0.3) is 0 Å². The summed E-state index contributed by atoms with van der Waals surface area (Å²) in [5, 5.41) is 11.9. The summed E-state index contributed by atoms with van der Waals surface area (Å²) in [5.74, 6) is -0.158. The van der Waals surface area contributed by atoms with Gasteiger partial charge in [-0.3, -0.25) is 9.89 Å². The number of aromatic amines is 1. The number of aromatic nitrogens is 4. The first-order valence-corrected chi connectivity index (χ1v) is 8.58. The van der Waals surface area contributed by atoms with Crippen molar-refractivity contribution in [3.05, 3.63) is 24.7 Å². The fourth-order valence-electron chi connectivity index (χ4n) is 3.48. The third-order valence-electron chi connectivity index (χ3n) is 4.82. The van der Waals surface area contributed by atoms with E-state index in [0.717, 1.165) is 22.0 Å². The standard InChI is InChI=1S/C17H17F3N6O/c18-17(19,20)9-23-16(27)10-2-5-26(6-3-10)15-13-11(8-24-25-15)7-22-14-12(13)1-4-21-14/h1,4,7-8,10,25H,2-3,5-6,9H2,(H,23,27). The van der Waals surface area contributed by atoms with Gasteiger partial charge in [-0.2, -0.15) is 18.3 Å². The first-order chi connectivity index (χ1) is 12.9. The number of nitrogens with zero attached hydrogens (tertiary/aromatic N) is 4. The number of fused-ring (bicyclic) bond motifs is 3. The van der Waals surface area contributed by atoms with Gasteiger partial charge in [-0.1, -0.05) is 0 Å². The maximum Gasteiger partial charge on any atom is 0.405 e. The molecule has 2 N–H and O–H groups in total. The molecule has 0 unspecified atom stereocenters. The zero-order valence-electron chi connectivity index (χ0n) is 14.3. The summed E-state index contributed by atoms with van der Waals surface area (Å²) in [4.78, 5) is 22.6. The summed E-state index contributed by atoms with van der Waals surface area (Å²) in [7, 11) is 0. The average Bonchev–Trinajstić information content (AvgIpc) is 3.14. The predicted molar refractivity (Wildman–Crippen MR) is 93.2 cm³/mol. The molecule has 0 spiro atoms. The number of carbonyl (C=O) groups excluding carboxylic acids is 1. The van der Waals surface area contributed by atoms with E-state index in [9.17, 15) is 18.0 Å². The second-order valence-corrected chi connectivity index (χ2v) is 6.58. The van der Waals surface area contributed by atoms with E-state index in [1.807, 2.05) is 11.4 Å². The Morgan fingerprint density at radius 3 is 2.78 bits per heavy atom. The monoisotopic (exact) mass is 378 g/mol. The van der Waals surface area contributed by atoms with Crippen molar-refractivity contribution >= 4 is 33.5 Å². The van der Waals surface area contributed by atoms with E-state index in [0.29, 0.717) is 31.6 Å². The molecule has 1 aliphatic rings. The molecule has 1 amide bonds. The zero-order chi connectivity index (χ0) is 19.0. The minimum atomic E-state index is -4.40. The molecule has 3 aromatic heterocycles. The number of piperidine rings is 1. The highest BCUT2D eigenvalue weighted by atomic mass is 19.4. The highest BCUT2D eigenvalue weighted by Gasteiger charge is 2.31. The minimum Gasteiger partial charge on any atom is -0.356 e. The first kappa shape index (κ1) is 17.5. The van der Waals surface area contributed by atoms with Crippen LogP contribution in [-0.2, 0) is 4.79 Å². The lowest BCUT2D eigenvalue weighted by molar-refractivity contribution is -0.141. The van der Waals surface area contributed by atoms with Crippen molar-refractivity contribution in [2.45, 2.75) is 19.0 Å². The summed E-state index contributed by atoms with van der Waals surface area (Å²) in [6.07, 6.45) is 1.65. The van der Waals surface area contributed by atoms with Gasteiger partial charge in [0.05, 0.1) is 6.20 Å². The van der Waals surface area contributed by atoms with Crippen LogP contribution in [0.1, 0.15) is 12.8 Å². The van der Waals surface area contributed by atoms with Gasteiger partial charge in [0.15, 0.2) is 5.65 Å². The number of halogens is 3. The van der Waals surface area contributed by atoms with Gasteiger partial charge in [-0.25, -0.2) is 9.97 Å². The van der Waals surface area contributed by atoms with E-state index in [2.05, 4.69) is 25.1 Å². The van der Waals surface area contributed by atoms with Gasteiger partial charge in [0.1, 0.15) is 12.4 Å². The first-order valence-electron chi connectivity index (χ1n) is 8.58. The van der Waals surface area contributed by atoms with Crippen LogP contribution in [0.25, 0.3) is 21.8 Å². The number of amides is 1. The number of rotatable bonds is 3. The summed E-state index contributed by atoms with van der Waals surface area (Å²) in [6, 6.07) is 1.89. The average molecular weight is 378 g/mol. The van der Waals surface area contributed by atoms with Crippen molar-refractivity contribution in [3.63, 3.8) is 0 Å². The van der Waals surface area contributed by atoms with Crippen LogP contribution in [0.2, 0.25) is 0 Å². The van der Waals surface area contributed by atoms with E-state index in [-0.39, 0.29) is 0 Å². The van der Waals surface area contributed by atoms with E-state index < -0.39 is 24.5 Å². The van der Waals surface area contributed by atoms with Crippen molar-refractivity contribution in [3.8, 4) is 0 Å². The van der Waals surface area contributed by atoms with Crippen molar-refractivity contribution in [1.82, 2.24) is 25.5 Å². The molecule has 4 rings (SSSR count). The number of nitrogens with one attached hydrogen (secondary N) is 2. The van der Waals surface area contributed by atoms with Gasteiger partial charge in [0, 0.05) is 47.6 Å². The third kappa shape index (κ3) is 3.51. The van der Waals surface area contributed by atoms with Crippen LogP contribution in [0.5, 0.6) is 0 Å². The van der Waals surface area contributed by atoms with Crippen LogP contribution in [-0.4, -0.2) is 51.9 Å². The van der Waals surface area contributed by atoms with Gasteiger partial charge < -0.3 is 10.2 Å². The zero-order valence-corrected chi connectivity index (χ0v) is 14.3. The van der Waals surface area contributed by atoms with Crippen LogP contribution in [0.15, 0.2) is 24.7 Å². The van der Waals surface area contributed by atoms with Gasteiger partial charge in [0.2, 0.25) is 5.91 Å². The van der Waals surface area contributed by atoms with E-state index in [1.165, 1.54) is 0 Å². The molecule has 10 heteroatoms. The second kappa shape index (κ2) is 6.67. The number of alkyl halides is 3. The molecule has 1 aliphatic heterocycles. The fourth-order valence-corrected chi connectivity index (χ4v) is 3.48. The van der Waals surface area contributed by atoms with Gasteiger partial charge in [-0.15, -0.1) is 0 Å². The Morgan fingerprint density at radius 1 is 1.26 bits per heavy atom. The molecule has 1 saturated heterocycles. The summed E-state index contributed by atoms with van der Waals surface area (Å²) < 4.78 is 36.8. The molecule has 0 radical (unpaired) electrons. The van der Waals surface area contributed by atoms with Crippen molar-refractivity contribution in [2.75, 3.05) is 24.5 Å². The van der Waals surface area contributed by atoms with E-state index in [4.69, 9.17) is 0 Å². The topological polar surface area (TPSA) is 86.8 Å². The maximum absolute atomic E-state index is 12.3. The van der Waals surface area contributed by atoms with Crippen LogP contribution < -0.4 is 10.2 Å². The smallest absolute Gasteiger partial charge is 0.356 e. The van der Waals surface area contributed by atoms with Crippen molar-refractivity contribution in [1.29, 1.82) is 0 Å². The Bertz CT molecular complexity index is 978. The molecule has 4 heterocycles. The Balaban J connectivity index is 1.52. The lowest BCUT2D eigenvalue weighted by Gasteiger charge is -2.33. The molecular weight excluding hydrogens is 361 g/mol. The third-order valence-corrected chi connectivity index (χ3v) is 4.82. The normalized spacial score (nSPS) is 16.2. The lowest BCUT2D eigenvalue weighted by Crippen LogP contribution is -2.43. The van der Waals surface area contributed by atoms with Crippen LogP contribution in [0, 0.1) is 5.92 Å². The molecule has 0 aliphatic carbocycles. The van der Waals surface area contributed by atoms with Crippen LogP contribution in [0.4, 0.5) is 19.0 Å². The Kier molecular flexibility index (Phi) is 4.33. The van der Waals surface area contributed by atoms with Crippen molar-refractivity contribution in [2.24, 2.45) is 5.92 Å². The molecule has 0 saturated carbocycles. The molecule has 0 aromatic carbocycles. The van der Waals surface area contributed by atoms with Gasteiger partial charge in [-0.05, 0) is 18.9 Å². The summed E-state index contributed by atoms with van der Waals surface area (Å²) >= 11 is 0. The quantitative estimate of drug-likeness (QED) is 0.731.